The zero-order valence-corrected chi connectivity index (χ0v) is 15.4. The SMILES string of the molecule is COc1cc(F)c(Br)cc1C(Br)c1csc(I)c1. The molecule has 2 aromatic rings. The molecule has 0 aliphatic heterocycles. The smallest absolute Gasteiger partial charge is 0.141 e. The van der Waals surface area contributed by atoms with Crippen LogP contribution in [0.25, 0.3) is 0 Å². The lowest BCUT2D eigenvalue weighted by Gasteiger charge is -2.14. The number of methoxy groups -OCH3 is 1. The molecule has 18 heavy (non-hydrogen) atoms. The second kappa shape index (κ2) is 6.19. The summed E-state index contributed by atoms with van der Waals surface area (Å²) in [5.41, 5.74) is 2.04. The third kappa shape index (κ3) is 3.08. The maximum absolute atomic E-state index is 13.5. The lowest BCUT2D eigenvalue weighted by Crippen LogP contribution is -1.97. The Kier molecular flexibility index (Phi) is 5.07. The summed E-state index contributed by atoms with van der Waals surface area (Å²) in [7, 11) is 1.54. The van der Waals surface area contributed by atoms with Crippen molar-refractivity contribution in [2.24, 2.45) is 0 Å². The second-order valence-corrected chi connectivity index (χ2v) is 8.13. The van der Waals surface area contributed by atoms with Crippen LogP contribution < -0.4 is 4.74 Å². The van der Waals surface area contributed by atoms with E-state index in [-0.39, 0.29) is 10.6 Å². The van der Waals surface area contributed by atoms with Gasteiger partial charge in [-0.15, -0.1) is 11.3 Å². The number of rotatable bonds is 3. The number of hydrogen-bond acceptors (Lipinski definition) is 2. The van der Waals surface area contributed by atoms with Crippen LogP contribution in [0.1, 0.15) is 16.0 Å². The van der Waals surface area contributed by atoms with E-state index in [4.69, 9.17) is 4.74 Å². The van der Waals surface area contributed by atoms with Gasteiger partial charge in [0.1, 0.15) is 11.6 Å². The van der Waals surface area contributed by atoms with Gasteiger partial charge < -0.3 is 4.74 Å². The maximum Gasteiger partial charge on any atom is 0.141 e. The van der Waals surface area contributed by atoms with Crippen LogP contribution in [0.3, 0.4) is 0 Å². The molecule has 0 amide bonds. The highest BCUT2D eigenvalue weighted by Crippen LogP contribution is 2.40. The minimum absolute atomic E-state index is 0.0101. The van der Waals surface area contributed by atoms with Crippen LogP contribution in [0, 0.1) is 8.70 Å². The fourth-order valence-corrected chi connectivity index (χ4v) is 4.11. The van der Waals surface area contributed by atoms with Crippen LogP contribution in [0.2, 0.25) is 0 Å². The monoisotopic (exact) mass is 504 g/mol. The summed E-state index contributed by atoms with van der Waals surface area (Å²) in [6, 6.07) is 5.24. The highest BCUT2D eigenvalue weighted by atomic mass is 127. The minimum Gasteiger partial charge on any atom is -0.496 e. The minimum atomic E-state index is -0.324. The largest absolute Gasteiger partial charge is 0.496 e. The van der Waals surface area contributed by atoms with Gasteiger partial charge in [0, 0.05) is 11.6 Å². The van der Waals surface area contributed by atoms with E-state index in [0.717, 1.165) is 11.1 Å². The first-order valence-electron chi connectivity index (χ1n) is 4.94. The molecule has 0 bridgehead atoms. The molecular formula is C12H8Br2FIOS. The van der Waals surface area contributed by atoms with E-state index in [0.29, 0.717) is 10.2 Å². The van der Waals surface area contributed by atoms with Gasteiger partial charge in [-0.1, -0.05) is 15.9 Å². The third-order valence-corrected chi connectivity index (χ3v) is 5.86. The van der Waals surface area contributed by atoms with Crippen molar-refractivity contribution >= 4 is 65.8 Å². The van der Waals surface area contributed by atoms with E-state index < -0.39 is 0 Å². The summed E-state index contributed by atoms with van der Waals surface area (Å²) in [5, 5.41) is 2.08. The van der Waals surface area contributed by atoms with Gasteiger partial charge in [-0.3, -0.25) is 0 Å². The van der Waals surface area contributed by atoms with Crippen molar-refractivity contribution in [2.45, 2.75) is 4.83 Å². The van der Waals surface area contributed by atoms with Gasteiger partial charge in [0.25, 0.3) is 0 Å². The van der Waals surface area contributed by atoms with Crippen LogP contribution in [-0.2, 0) is 0 Å². The Morgan fingerprint density at radius 3 is 2.67 bits per heavy atom. The molecule has 1 atom stereocenters. The van der Waals surface area contributed by atoms with Gasteiger partial charge >= 0.3 is 0 Å². The molecule has 0 radical (unpaired) electrons. The van der Waals surface area contributed by atoms with Gasteiger partial charge in [-0.05, 0) is 61.6 Å². The Bertz CT molecular complexity index is 573. The number of halogens is 4. The van der Waals surface area contributed by atoms with Crippen molar-refractivity contribution < 1.29 is 9.13 Å². The van der Waals surface area contributed by atoms with Crippen molar-refractivity contribution in [2.75, 3.05) is 7.11 Å². The van der Waals surface area contributed by atoms with E-state index in [2.05, 4.69) is 65.9 Å². The van der Waals surface area contributed by atoms with E-state index in [1.165, 1.54) is 8.95 Å². The first-order valence-corrected chi connectivity index (χ1v) is 8.60. The molecule has 96 valence electrons. The number of thiophene rings is 1. The molecule has 0 fully saturated rings. The normalized spacial score (nSPS) is 12.5. The molecule has 1 unspecified atom stereocenters. The fourth-order valence-electron chi connectivity index (χ4n) is 1.55. The Morgan fingerprint density at radius 1 is 1.39 bits per heavy atom. The molecule has 0 aliphatic rings. The standard InChI is InChI=1S/C12H8Br2FIOS/c1-17-10-4-9(15)8(13)3-7(10)12(14)6-2-11(16)18-5-6/h2-5,12H,1H3. The quantitative estimate of drug-likeness (QED) is 0.381. The molecule has 6 heteroatoms. The summed E-state index contributed by atoms with van der Waals surface area (Å²) in [4.78, 5) is -0.0101. The van der Waals surface area contributed by atoms with Crippen LogP contribution in [0.5, 0.6) is 5.75 Å². The van der Waals surface area contributed by atoms with Gasteiger partial charge in [-0.25, -0.2) is 4.39 Å². The zero-order chi connectivity index (χ0) is 13.3. The summed E-state index contributed by atoms with van der Waals surface area (Å²) >= 11 is 10.8. The summed E-state index contributed by atoms with van der Waals surface area (Å²) in [5.74, 6) is 0.217. The van der Waals surface area contributed by atoms with Gasteiger partial charge in [-0.2, -0.15) is 0 Å². The topological polar surface area (TPSA) is 9.23 Å². The van der Waals surface area contributed by atoms with E-state index in [9.17, 15) is 4.39 Å². The number of hydrogen-bond donors (Lipinski definition) is 0. The summed E-state index contributed by atoms with van der Waals surface area (Å²) in [6.45, 7) is 0. The Hall–Kier alpha value is 0.340. The molecular weight excluding hydrogens is 498 g/mol. The van der Waals surface area contributed by atoms with E-state index in [1.807, 2.05) is 0 Å². The lowest BCUT2D eigenvalue weighted by atomic mass is 10.1. The van der Waals surface area contributed by atoms with Gasteiger partial charge in [0.15, 0.2) is 0 Å². The average Bonchev–Trinajstić information content (AvgIpc) is 2.78. The maximum atomic E-state index is 13.5. The average molecular weight is 506 g/mol. The van der Waals surface area contributed by atoms with Gasteiger partial charge in [0.05, 0.1) is 19.3 Å². The fraction of sp³-hybridized carbons (Fsp3) is 0.167. The molecule has 0 saturated carbocycles. The highest BCUT2D eigenvalue weighted by Gasteiger charge is 2.18. The van der Waals surface area contributed by atoms with E-state index >= 15 is 0 Å². The Morgan fingerprint density at radius 2 is 2.11 bits per heavy atom. The Labute approximate surface area is 139 Å². The highest BCUT2D eigenvalue weighted by molar-refractivity contribution is 14.1. The molecule has 0 N–H and O–H groups in total. The van der Waals surface area contributed by atoms with Crippen LogP contribution in [-0.4, -0.2) is 7.11 Å². The molecule has 1 heterocycles. The molecule has 2 rings (SSSR count). The lowest BCUT2D eigenvalue weighted by molar-refractivity contribution is 0.406. The first kappa shape index (κ1) is 14.7. The number of ether oxygens (including phenoxy) is 1. The van der Waals surface area contributed by atoms with Crippen LogP contribution >= 0.6 is 65.8 Å². The first-order chi connectivity index (χ1) is 8.52. The van der Waals surface area contributed by atoms with Crippen molar-refractivity contribution in [1.29, 1.82) is 0 Å². The van der Waals surface area contributed by atoms with Crippen LogP contribution in [0.15, 0.2) is 28.1 Å². The molecule has 1 nitrogen and oxygen atoms in total. The third-order valence-electron chi connectivity index (χ3n) is 2.43. The Balaban J connectivity index is 2.46. The molecule has 1 aromatic heterocycles. The molecule has 0 saturated heterocycles. The number of benzene rings is 1. The van der Waals surface area contributed by atoms with Crippen molar-refractivity contribution in [3.8, 4) is 5.75 Å². The molecule has 1 aromatic carbocycles. The summed E-state index contributed by atoms with van der Waals surface area (Å²) < 4.78 is 20.4. The number of alkyl halides is 1. The molecule has 0 spiro atoms. The van der Waals surface area contributed by atoms with Crippen molar-refractivity contribution in [1.82, 2.24) is 0 Å². The van der Waals surface area contributed by atoms with Gasteiger partial charge in [0.2, 0.25) is 0 Å². The summed E-state index contributed by atoms with van der Waals surface area (Å²) in [6.07, 6.45) is 0. The second-order valence-electron chi connectivity index (χ2n) is 3.55. The zero-order valence-electron chi connectivity index (χ0n) is 9.22. The van der Waals surface area contributed by atoms with Crippen LogP contribution in [0.4, 0.5) is 4.39 Å². The predicted molar refractivity (Wildman–Crippen MR) is 88.5 cm³/mol. The van der Waals surface area contributed by atoms with Crippen molar-refractivity contribution in [3.05, 3.63) is 47.9 Å². The molecule has 0 aliphatic carbocycles. The van der Waals surface area contributed by atoms with Crippen molar-refractivity contribution in [3.63, 3.8) is 0 Å². The van der Waals surface area contributed by atoms with E-state index in [1.54, 1.807) is 24.5 Å². The predicted octanol–water partition coefficient (Wildman–Crippen LogP) is 5.75.